The first-order valence-corrected chi connectivity index (χ1v) is 14.0. The molecule has 4 aromatic rings. The number of hydrogen-bond donors (Lipinski definition) is 0. The number of esters is 1. The monoisotopic (exact) mass is 549 g/mol. The third-order valence-corrected chi connectivity index (χ3v) is 7.30. The number of carbonyl (C=O) groups excluding carboxylic acids is 3. The highest BCUT2D eigenvalue weighted by Crippen LogP contribution is 2.31. The van der Waals surface area contributed by atoms with E-state index in [4.69, 9.17) is 9.72 Å². The molecule has 7 heteroatoms. The van der Waals surface area contributed by atoms with Gasteiger partial charge >= 0.3 is 5.97 Å². The highest BCUT2D eigenvalue weighted by molar-refractivity contribution is 6.32. The average molecular weight is 550 g/mol. The maximum atomic E-state index is 12.9. The number of fused-ring (bicyclic) bond motifs is 1. The van der Waals surface area contributed by atoms with Crippen LogP contribution in [0.1, 0.15) is 69.7 Å². The van der Waals surface area contributed by atoms with Gasteiger partial charge in [0.1, 0.15) is 11.4 Å². The number of nitrogens with zero attached hydrogens (tertiary/aromatic N) is 3. The van der Waals surface area contributed by atoms with Crippen LogP contribution in [0, 0.1) is 0 Å². The van der Waals surface area contributed by atoms with E-state index in [0.717, 1.165) is 46.4 Å². The molecule has 0 saturated heterocycles. The third-order valence-electron chi connectivity index (χ3n) is 7.30. The Morgan fingerprint density at radius 1 is 0.902 bits per heavy atom. The van der Waals surface area contributed by atoms with Gasteiger partial charge < -0.3 is 9.30 Å². The van der Waals surface area contributed by atoms with Gasteiger partial charge in [-0.25, -0.2) is 14.7 Å². The summed E-state index contributed by atoms with van der Waals surface area (Å²) >= 11 is 0. The van der Waals surface area contributed by atoms with E-state index in [1.807, 2.05) is 63.2 Å². The van der Waals surface area contributed by atoms with Crippen LogP contribution in [0.5, 0.6) is 0 Å². The molecule has 3 aromatic carbocycles. The average Bonchev–Trinajstić information content (AvgIpc) is 3.36. The molecule has 0 unspecified atom stereocenters. The maximum Gasteiger partial charge on any atom is 0.339 e. The van der Waals surface area contributed by atoms with E-state index in [2.05, 4.69) is 23.6 Å². The highest BCUT2D eigenvalue weighted by atomic mass is 16.6. The first-order chi connectivity index (χ1) is 19.5. The fraction of sp³-hybridized carbons (Fsp3) is 0.294. The summed E-state index contributed by atoms with van der Waals surface area (Å²) in [6.07, 6.45) is 1.73. The van der Waals surface area contributed by atoms with E-state index in [0.29, 0.717) is 28.9 Å². The van der Waals surface area contributed by atoms with Crippen LogP contribution >= 0.6 is 0 Å². The fourth-order valence-electron chi connectivity index (χ4n) is 5.09. The van der Waals surface area contributed by atoms with Gasteiger partial charge in [-0.2, -0.15) is 0 Å². The Labute approximate surface area is 240 Å². The van der Waals surface area contributed by atoms with Crippen LogP contribution in [0.3, 0.4) is 0 Å². The summed E-state index contributed by atoms with van der Waals surface area (Å²) in [5.74, 6) is 0.0316. The van der Waals surface area contributed by atoms with Gasteiger partial charge in [-0.3, -0.25) is 9.59 Å². The summed E-state index contributed by atoms with van der Waals surface area (Å²) in [5.41, 5.74) is 5.93. The second-order valence-corrected chi connectivity index (χ2v) is 11.5. The molecule has 41 heavy (non-hydrogen) atoms. The minimum atomic E-state index is -0.582. The molecule has 2 amide bonds. The zero-order chi connectivity index (χ0) is 29.5. The van der Waals surface area contributed by atoms with Crippen LogP contribution in [0.15, 0.2) is 77.9 Å². The van der Waals surface area contributed by atoms with Crippen molar-refractivity contribution in [2.24, 2.45) is 0 Å². The second kappa shape index (κ2) is 10.8. The molecule has 0 fully saturated rings. The molecular weight excluding hydrogens is 514 g/mol. The van der Waals surface area contributed by atoms with Gasteiger partial charge in [-0.15, -0.1) is 0 Å². The SMILES string of the molecule is CCCc1nc2ccc(N3C(=O)C(C)=C(C)C3=O)cc2n1Cc1ccc(-c2ccccc2C(=O)OC(C)(C)C)cc1. The Kier molecular flexibility index (Phi) is 7.39. The van der Waals surface area contributed by atoms with Gasteiger partial charge in [0.25, 0.3) is 11.8 Å². The lowest BCUT2D eigenvalue weighted by Gasteiger charge is -2.20. The number of aryl methyl sites for hydroxylation is 1. The number of hydrogen-bond acceptors (Lipinski definition) is 5. The molecule has 0 radical (unpaired) electrons. The van der Waals surface area contributed by atoms with Crippen LogP contribution in [0.4, 0.5) is 5.69 Å². The summed E-state index contributed by atoms with van der Waals surface area (Å²) in [5, 5.41) is 0. The number of benzene rings is 3. The number of carbonyl (C=O) groups is 3. The second-order valence-electron chi connectivity index (χ2n) is 11.5. The van der Waals surface area contributed by atoms with Crippen molar-refractivity contribution in [1.29, 1.82) is 0 Å². The highest BCUT2D eigenvalue weighted by Gasteiger charge is 2.34. The summed E-state index contributed by atoms with van der Waals surface area (Å²) < 4.78 is 7.79. The van der Waals surface area contributed by atoms with E-state index in [-0.39, 0.29) is 17.8 Å². The van der Waals surface area contributed by atoms with Gasteiger partial charge in [0.2, 0.25) is 0 Å². The minimum absolute atomic E-state index is 0.283. The standard InChI is InChI=1S/C34H35N3O4/c1-7-10-30-35-28-18-17-25(37-31(38)21(2)22(3)32(37)39)19-29(28)36(30)20-23-13-15-24(16-14-23)26-11-8-9-12-27(26)33(40)41-34(4,5)6/h8-9,11-19H,7,10,20H2,1-6H3. The molecule has 0 atom stereocenters. The van der Waals surface area contributed by atoms with Crippen molar-refractivity contribution in [1.82, 2.24) is 9.55 Å². The molecule has 2 heterocycles. The first-order valence-electron chi connectivity index (χ1n) is 14.0. The zero-order valence-corrected chi connectivity index (χ0v) is 24.4. The summed E-state index contributed by atoms with van der Waals surface area (Å²) in [6, 6.07) is 21.2. The summed E-state index contributed by atoms with van der Waals surface area (Å²) in [4.78, 5) is 44.6. The van der Waals surface area contributed by atoms with Crippen LogP contribution in [-0.2, 0) is 27.3 Å². The number of anilines is 1. The van der Waals surface area contributed by atoms with Crippen molar-refractivity contribution in [3.63, 3.8) is 0 Å². The number of imide groups is 1. The molecule has 0 bridgehead atoms. The normalized spacial score (nSPS) is 14.0. The molecule has 1 aliphatic rings. The largest absolute Gasteiger partial charge is 0.456 e. The molecule has 210 valence electrons. The van der Waals surface area contributed by atoms with E-state index < -0.39 is 5.60 Å². The number of rotatable bonds is 7. The number of imidazole rings is 1. The predicted molar refractivity (Wildman–Crippen MR) is 161 cm³/mol. The molecule has 0 aliphatic carbocycles. The summed E-state index contributed by atoms with van der Waals surface area (Å²) in [6.45, 7) is 11.6. The first kappa shape index (κ1) is 28.0. The predicted octanol–water partition coefficient (Wildman–Crippen LogP) is 6.87. The Morgan fingerprint density at radius 2 is 1.56 bits per heavy atom. The molecular formula is C34H35N3O4. The lowest BCUT2D eigenvalue weighted by atomic mass is 9.98. The van der Waals surface area contributed by atoms with Gasteiger partial charge in [0.15, 0.2) is 0 Å². The number of ether oxygens (including phenoxy) is 1. The Bertz CT molecular complexity index is 1680. The molecule has 1 aliphatic heterocycles. The summed E-state index contributed by atoms with van der Waals surface area (Å²) in [7, 11) is 0. The van der Waals surface area contributed by atoms with Crippen molar-refractivity contribution in [3.05, 3.63) is 94.8 Å². The molecule has 0 spiro atoms. The lowest BCUT2D eigenvalue weighted by molar-refractivity contribution is -0.120. The Hall–Kier alpha value is -4.52. The van der Waals surface area contributed by atoms with Crippen LogP contribution in [-0.4, -0.2) is 32.9 Å². The van der Waals surface area contributed by atoms with Gasteiger partial charge in [0, 0.05) is 24.1 Å². The van der Waals surface area contributed by atoms with Crippen molar-refractivity contribution in [3.8, 4) is 11.1 Å². The van der Waals surface area contributed by atoms with E-state index in [1.165, 1.54) is 4.90 Å². The molecule has 5 rings (SSSR count). The van der Waals surface area contributed by atoms with Crippen molar-refractivity contribution >= 4 is 34.5 Å². The van der Waals surface area contributed by atoms with Crippen molar-refractivity contribution in [2.75, 3.05) is 4.90 Å². The van der Waals surface area contributed by atoms with E-state index in [9.17, 15) is 14.4 Å². The van der Waals surface area contributed by atoms with Gasteiger partial charge in [-0.05, 0) is 82.0 Å². The molecule has 7 nitrogen and oxygen atoms in total. The fourth-order valence-corrected chi connectivity index (χ4v) is 5.09. The lowest BCUT2D eigenvalue weighted by Crippen LogP contribution is -2.31. The van der Waals surface area contributed by atoms with Crippen LogP contribution in [0.25, 0.3) is 22.2 Å². The minimum Gasteiger partial charge on any atom is -0.456 e. The Balaban J connectivity index is 1.48. The third kappa shape index (κ3) is 5.44. The maximum absolute atomic E-state index is 12.9. The molecule has 1 aromatic heterocycles. The van der Waals surface area contributed by atoms with Crippen molar-refractivity contribution in [2.45, 2.75) is 66.5 Å². The zero-order valence-electron chi connectivity index (χ0n) is 24.4. The van der Waals surface area contributed by atoms with Crippen LogP contribution < -0.4 is 4.90 Å². The van der Waals surface area contributed by atoms with E-state index in [1.54, 1.807) is 26.0 Å². The smallest absolute Gasteiger partial charge is 0.339 e. The number of amides is 2. The van der Waals surface area contributed by atoms with Crippen LogP contribution in [0.2, 0.25) is 0 Å². The van der Waals surface area contributed by atoms with Gasteiger partial charge in [0.05, 0.1) is 22.3 Å². The van der Waals surface area contributed by atoms with Crippen molar-refractivity contribution < 1.29 is 19.1 Å². The van der Waals surface area contributed by atoms with E-state index >= 15 is 0 Å². The van der Waals surface area contributed by atoms with Gasteiger partial charge in [-0.1, -0.05) is 49.4 Å². The molecule has 0 N–H and O–H groups in total. The topological polar surface area (TPSA) is 81.5 Å². The molecule has 0 saturated carbocycles. The quantitative estimate of drug-likeness (QED) is 0.186. The Morgan fingerprint density at radius 3 is 2.20 bits per heavy atom. The number of aromatic nitrogens is 2.